The van der Waals surface area contributed by atoms with Crippen molar-refractivity contribution < 1.29 is 13.6 Å². The molecule has 0 fully saturated rings. The number of carbonyl (C=O) groups is 1. The summed E-state index contributed by atoms with van der Waals surface area (Å²) < 4.78 is 24.9. The van der Waals surface area contributed by atoms with Gasteiger partial charge in [0.15, 0.2) is 0 Å². The van der Waals surface area contributed by atoms with Crippen molar-refractivity contribution in [2.45, 2.75) is 17.1 Å². The van der Waals surface area contributed by atoms with Crippen LogP contribution in [0.3, 0.4) is 0 Å². The number of thioether (sulfide) groups is 1. The number of nitrogen functional groups attached to an aromatic ring is 1. The molecule has 0 atom stereocenters. The van der Waals surface area contributed by atoms with E-state index in [2.05, 4.69) is 10.3 Å². The molecule has 1 aromatic carbocycles. The molecule has 0 saturated carbocycles. The summed E-state index contributed by atoms with van der Waals surface area (Å²) in [5.74, 6) is -2.86. The smallest absolute Gasteiger partial charge is 0.288 e. The van der Waals surface area contributed by atoms with Crippen molar-refractivity contribution in [2.75, 3.05) is 11.1 Å². The van der Waals surface area contributed by atoms with E-state index in [-0.39, 0.29) is 12.3 Å². The van der Waals surface area contributed by atoms with Crippen LogP contribution in [-0.2, 0) is 11.2 Å². The molecule has 3 N–H and O–H groups in total. The van der Waals surface area contributed by atoms with Crippen molar-refractivity contribution in [3.05, 3.63) is 48.3 Å². The highest BCUT2D eigenvalue weighted by Gasteiger charge is 2.12. The third-order valence-corrected chi connectivity index (χ3v) is 3.35. The number of aromatic nitrogens is 1. The first-order chi connectivity index (χ1) is 10.0. The lowest BCUT2D eigenvalue weighted by Crippen LogP contribution is -2.15. The number of alkyl halides is 2. The van der Waals surface area contributed by atoms with Gasteiger partial charge in [-0.05, 0) is 24.3 Å². The molecule has 0 bridgehead atoms. The lowest BCUT2D eigenvalue weighted by atomic mass is 10.2. The van der Waals surface area contributed by atoms with Crippen molar-refractivity contribution in [3.63, 3.8) is 0 Å². The Morgan fingerprint density at radius 1 is 1.29 bits per heavy atom. The van der Waals surface area contributed by atoms with Crippen molar-refractivity contribution in [3.8, 4) is 0 Å². The molecule has 1 aromatic heterocycles. The lowest BCUT2D eigenvalue weighted by molar-refractivity contribution is -0.115. The predicted molar refractivity (Wildman–Crippen MR) is 79.3 cm³/mol. The first-order valence-electron chi connectivity index (χ1n) is 6.08. The van der Waals surface area contributed by atoms with E-state index in [0.29, 0.717) is 33.7 Å². The molecule has 2 rings (SSSR count). The van der Waals surface area contributed by atoms with Gasteiger partial charge in [-0.15, -0.1) is 0 Å². The number of pyridine rings is 1. The topological polar surface area (TPSA) is 68.0 Å². The molecule has 4 nitrogen and oxygen atoms in total. The number of nitrogens with one attached hydrogen (secondary N) is 1. The number of halogens is 2. The summed E-state index contributed by atoms with van der Waals surface area (Å²) in [4.78, 5) is 16.3. The van der Waals surface area contributed by atoms with Gasteiger partial charge in [0.2, 0.25) is 5.91 Å². The molecule has 0 saturated heterocycles. The normalized spacial score (nSPS) is 10.6. The molecule has 0 aliphatic carbocycles. The van der Waals surface area contributed by atoms with Crippen molar-refractivity contribution in [1.29, 1.82) is 0 Å². The number of rotatable bonds is 5. The van der Waals surface area contributed by atoms with Crippen LogP contribution in [0.4, 0.5) is 20.2 Å². The number of hydrogen-bond acceptors (Lipinski definition) is 4. The quantitative estimate of drug-likeness (QED) is 0.833. The molecular weight excluding hydrogens is 296 g/mol. The van der Waals surface area contributed by atoms with Crippen molar-refractivity contribution >= 4 is 29.0 Å². The van der Waals surface area contributed by atoms with E-state index >= 15 is 0 Å². The number of amides is 1. The van der Waals surface area contributed by atoms with Gasteiger partial charge in [0.05, 0.1) is 24.0 Å². The van der Waals surface area contributed by atoms with E-state index in [1.54, 1.807) is 30.3 Å². The Morgan fingerprint density at radius 2 is 2.05 bits per heavy atom. The van der Waals surface area contributed by atoms with Crippen LogP contribution >= 0.6 is 11.8 Å². The number of para-hydroxylation sites is 1. The summed E-state index contributed by atoms with van der Waals surface area (Å²) in [5.41, 5.74) is 6.94. The molecule has 21 heavy (non-hydrogen) atoms. The maximum absolute atomic E-state index is 12.5. The summed E-state index contributed by atoms with van der Waals surface area (Å²) in [6.45, 7) is 0. The number of carbonyl (C=O) groups excluding carboxylic acids is 1. The van der Waals surface area contributed by atoms with E-state index in [4.69, 9.17) is 5.73 Å². The molecular formula is C14H13F2N3OS. The maximum Gasteiger partial charge on any atom is 0.288 e. The fourth-order valence-corrected chi connectivity index (χ4v) is 2.26. The molecule has 2 aromatic rings. The zero-order valence-electron chi connectivity index (χ0n) is 10.9. The molecule has 110 valence electrons. The molecule has 1 heterocycles. The summed E-state index contributed by atoms with van der Waals surface area (Å²) in [5, 5.41) is 2.61. The first kappa shape index (κ1) is 15.2. The summed E-state index contributed by atoms with van der Waals surface area (Å²) >= 11 is 0.395. The molecule has 0 unspecified atom stereocenters. The average molecular weight is 309 g/mol. The lowest BCUT2D eigenvalue weighted by Gasteiger charge is -2.10. The van der Waals surface area contributed by atoms with Crippen LogP contribution in [0.5, 0.6) is 0 Å². The fourth-order valence-electron chi connectivity index (χ4n) is 1.67. The SMILES string of the molecule is Nc1ccc(CC(=O)Nc2ccccc2SC(F)F)nc1. The van der Waals surface area contributed by atoms with Gasteiger partial charge in [0.25, 0.3) is 5.76 Å². The second-order valence-electron chi connectivity index (χ2n) is 4.18. The predicted octanol–water partition coefficient (Wildman–Crippen LogP) is 3.16. The van der Waals surface area contributed by atoms with Crippen molar-refractivity contribution in [1.82, 2.24) is 4.98 Å². The van der Waals surface area contributed by atoms with Crippen LogP contribution in [0.15, 0.2) is 47.5 Å². The van der Waals surface area contributed by atoms with Gasteiger partial charge in [-0.2, -0.15) is 8.78 Å². The Hall–Kier alpha value is -2.15. The highest BCUT2D eigenvalue weighted by molar-refractivity contribution is 7.99. The minimum Gasteiger partial charge on any atom is -0.397 e. The minimum absolute atomic E-state index is 0.0496. The van der Waals surface area contributed by atoms with E-state index in [9.17, 15) is 13.6 Å². The zero-order valence-corrected chi connectivity index (χ0v) is 11.7. The van der Waals surface area contributed by atoms with Crippen LogP contribution < -0.4 is 11.1 Å². The van der Waals surface area contributed by atoms with E-state index < -0.39 is 5.76 Å². The number of nitrogens with zero attached hydrogens (tertiary/aromatic N) is 1. The second kappa shape index (κ2) is 7.03. The summed E-state index contributed by atoms with van der Waals surface area (Å²) in [6.07, 6.45) is 1.51. The third kappa shape index (κ3) is 4.71. The van der Waals surface area contributed by atoms with Gasteiger partial charge in [-0.25, -0.2) is 0 Å². The van der Waals surface area contributed by atoms with Crippen LogP contribution in [0.2, 0.25) is 0 Å². The Kier molecular flexibility index (Phi) is 5.10. The largest absolute Gasteiger partial charge is 0.397 e. The Morgan fingerprint density at radius 3 is 2.71 bits per heavy atom. The van der Waals surface area contributed by atoms with E-state index in [1.807, 2.05) is 0 Å². The number of nitrogens with two attached hydrogens (primary N) is 1. The fraction of sp³-hybridized carbons (Fsp3) is 0.143. The van der Waals surface area contributed by atoms with Gasteiger partial charge in [0, 0.05) is 10.6 Å². The molecule has 0 spiro atoms. The zero-order chi connectivity index (χ0) is 15.2. The highest BCUT2D eigenvalue weighted by atomic mass is 32.2. The summed E-state index contributed by atoms with van der Waals surface area (Å²) in [7, 11) is 0. The molecule has 0 aliphatic heterocycles. The Labute approximate surface area is 124 Å². The molecule has 0 radical (unpaired) electrons. The van der Waals surface area contributed by atoms with Gasteiger partial charge >= 0.3 is 0 Å². The van der Waals surface area contributed by atoms with Gasteiger partial charge < -0.3 is 11.1 Å². The third-order valence-electron chi connectivity index (χ3n) is 2.57. The molecule has 1 amide bonds. The number of benzene rings is 1. The minimum atomic E-state index is -2.54. The Bertz CT molecular complexity index is 620. The molecule has 7 heteroatoms. The Balaban J connectivity index is 2.04. The number of anilines is 2. The van der Waals surface area contributed by atoms with Crippen LogP contribution in [0.25, 0.3) is 0 Å². The average Bonchev–Trinajstić information content (AvgIpc) is 2.43. The van der Waals surface area contributed by atoms with Crippen LogP contribution in [0.1, 0.15) is 5.69 Å². The van der Waals surface area contributed by atoms with Gasteiger partial charge in [-0.3, -0.25) is 9.78 Å². The van der Waals surface area contributed by atoms with E-state index in [0.717, 1.165) is 0 Å². The first-order valence-corrected chi connectivity index (χ1v) is 6.96. The van der Waals surface area contributed by atoms with Gasteiger partial charge in [-0.1, -0.05) is 23.9 Å². The summed E-state index contributed by atoms with van der Waals surface area (Å²) in [6, 6.07) is 9.73. The van der Waals surface area contributed by atoms with E-state index in [1.165, 1.54) is 12.3 Å². The molecule has 0 aliphatic rings. The van der Waals surface area contributed by atoms with Gasteiger partial charge in [0.1, 0.15) is 0 Å². The second-order valence-corrected chi connectivity index (χ2v) is 5.21. The maximum atomic E-state index is 12.5. The standard InChI is InChI=1S/C14H13F2N3OS/c15-14(16)21-12-4-2-1-3-11(12)19-13(20)7-10-6-5-9(17)8-18-10/h1-6,8,14H,7,17H2,(H,19,20). The van der Waals surface area contributed by atoms with Crippen LogP contribution in [0, 0.1) is 0 Å². The van der Waals surface area contributed by atoms with Crippen molar-refractivity contribution in [2.24, 2.45) is 0 Å². The highest BCUT2D eigenvalue weighted by Crippen LogP contribution is 2.31. The monoisotopic (exact) mass is 309 g/mol. The van der Waals surface area contributed by atoms with Crippen LogP contribution in [-0.4, -0.2) is 16.6 Å². The number of hydrogen-bond donors (Lipinski definition) is 2.